The van der Waals surface area contributed by atoms with Crippen LogP contribution in [0.15, 0.2) is 48.5 Å². The second kappa shape index (κ2) is 10.4. The van der Waals surface area contributed by atoms with Gasteiger partial charge in [-0.25, -0.2) is 0 Å². The number of amides is 3. The van der Waals surface area contributed by atoms with Crippen LogP contribution in [0.5, 0.6) is 0 Å². The standard InChI is InChI=1S/C30H36N4O3/c1-4-5-6-11-16-31-29(36)25(18(2)3)33-28(35)24-17-22-19-12-9-10-15-23(19)32-26(22)27-20-13-7-8-14-21(20)30(37)34(24)27/h7-10,12-15,18,24-25,27,32H,4-6,11,16-17H2,1-3H3,(H,31,36)(H,33,35). The summed E-state index contributed by atoms with van der Waals surface area (Å²) < 4.78 is 0. The lowest BCUT2D eigenvalue weighted by Crippen LogP contribution is -2.57. The number of aromatic nitrogens is 1. The summed E-state index contributed by atoms with van der Waals surface area (Å²) in [6.45, 7) is 6.61. The van der Waals surface area contributed by atoms with Crippen molar-refractivity contribution in [1.29, 1.82) is 0 Å². The first kappa shape index (κ1) is 25.1. The van der Waals surface area contributed by atoms with E-state index in [0.29, 0.717) is 18.5 Å². The molecule has 2 aliphatic heterocycles. The molecule has 3 atom stereocenters. The number of hydrogen-bond donors (Lipinski definition) is 3. The summed E-state index contributed by atoms with van der Waals surface area (Å²) in [6, 6.07) is 13.9. The number of nitrogens with zero attached hydrogens (tertiary/aromatic N) is 1. The maximum atomic E-state index is 13.8. The fourth-order valence-corrected chi connectivity index (χ4v) is 5.80. The second-order valence-corrected chi connectivity index (χ2v) is 10.6. The Morgan fingerprint density at radius 1 is 1.05 bits per heavy atom. The summed E-state index contributed by atoms with van der Waals surface area (Å²) in [7, 11) is 0. The third-order valence-electron chi connectivity index (χ3n) is 7.73. The molecule has 0 aliphatic carbocycles. The predicted octanol–water partition coefficient (Wildman–Crippen LogP) is 4.48. The highest BCUT2D eigenvalue weighted by Gasteiger charge is 2.49. The molecule has 37 heavy (non-hydrogen) atoms. The van der Waals surface area contributed by atoms with Crippen molar-refractivity contribution in [2.75, 3.05) is 6.54 Å². The number of rotatable bonds is 9. The maximum Gasteiger partial charge on any atom is 0.255 e. The first-order chi connectivity index (χ1) is 17.9. The molecule has 5 rings (SSSR count). The van der Waals surface area contributed by atoms with E-state index in [4.69, 9.17) is 0 Å². The van der Waals surface area contributed by atoms with Gasteiger partial charge in [-0.1, -0.05) is 76.4 Å². The van der Waals surface area contributed by atoms with E-state index in [9.17, 15) is 14.4 Å². The van der Waals surface area contributed by atoms with Gasteiger partial charge in [-0.05, 0) is 35.6 Å². The average Bonchev–Trinajstić information content (AvgIpc) is 3.42. The lowest BCUT2D eigenvalue weighted by Gasteiger charge is -2.38. The summed E-state index contributed by atoms with van der Waals surface area (Å²) in [5.74, 6) is -0.696. The van der Waals surface area contributed by atoms with Gasteiger partial charge in [0.1, 0.15) is 12.1 Å². The van der Waals surface area contributed by atoms with Crippen LogP contribution in [0.3, 0.4) is 0 Å². The highest BCUT2D eigenvalue weighted by Crippen LogP contribution is 2.46. The number of carbonyl (C=O) groups is 3. The number of fused-ring (bicyclic) bond motifs is 7. The van der Waals surface area contributed by atoms with Gasteiger partial charge in [-0.15, -0.1) is 0 Å². The monoisotopic (exact) mass is 500 g/mol. The molecule has 3 amide bonds. The van der Waals surface area contributed by atoms with Crippen molar-refractivity contribution in [3.63, 3.8) is 0 Å². The van der Waals surface area contributed by atoms with Crippen LogP contribution in [0, 0.1) is 5.92 Å². The molecule has 7 nitrogen and oxygen atoms in total. The summed E-state index contributed by atoms with van der Waals surface area (Å²) in [5.41, 5.74) is 4.55. The summed E-state index contributed by atoms with van der Waals surface area (Å²) >= 11 is 0. The van der Waals surface area contributed by atoms with Crippen molar-refractivity contribution in [2.24, 2.45) is 5.92 Å². The molecule has 3 unspecified atom stereocenters. The lowest BCUT2D eigenvalue weighted by atomic mass is 9.89. The largest absolute Gasteiger partial charge is 0.356 e. The Balaban J connectivity index is 1.44. The Morgan fingerprint density at radius 2 is 1.81 bits per heavy atom. The van der Waals surface area contributed by atoms with Crippen LogP contribution in [0.1, 0.15) is 79.7 Å². The minimum atomic E-state index is -0.713. The molecule has 0 fully saturated rings. The fraction of sp³-hybridized carbons (Fsp3) is 0.433. The van der Waals surface area contributed by atoms with Crippen LogP contribution in [0.4, 0.5) is 0 Å². The summed E-state index contributed by atoms with van der Waals surface area (Å²) in [5, 5.41) is 7.08. The molecule has 0 saturated carbocycles. The van der Waals surface area contributed by atoms with Gasteiger partial charge in [0, 0.05) is 35.1 Å². The Bertz CT molecular complexity index is 1330. The third-order valence-corrected chi connectivity index (χ3v) is 7.73. The highest BCUT2D eigenvalue weighted by atomic mass is 16.2. The predicted molar refractivity (Wildman–Crippen MR) is 144 cm³/mol. The van der Waals surface area contributed by atoms with Crippen LogP contribution in [0.2, 0.25) is 0 Å². The second-order valence-electron chi connectivity index (χ2n) is 10.6. The topological polar surface area (TPSA) is 94.3 Å². The van der Waals surface area contributed by atoms with E-state index in [1.807, 2.05) is 56.3 Å². The molecule has 3 aromatic rings. The van der Waals surface area contributed by atoms with Crippen LogP contribution >= 0.6 is 0 Å². The first-order valence-electron chi connectivity index (χ1n) is 13.5. The van der Waals surface area contributed by atoms with Crippen LogP contribution < -0.4 is 10.6 Å². The first-order valence-corrected chi connectivity index (χ1v) is 13.5. The van der Waals surface area contributed by atoms with Crippen LogP contribution in [0.25, 0.3) is 10.9 Å². The molecule has 2 aromatic carbocycles. The fourth-order valence-electron chi connectivity index (χ4n) is 5.80. The van der Waals surface area contributed by atoms with Crippen LogP contribution in [-0.4, -0.2) is 46.2 Å². The van der Waals surface area contributed by atoms with E-state index in [0.717, 1.165) is 53.4 Å². The van der Waals surface area contributed by atoms with Crippen molar-refractivity contribution in [3.05, 3.63) is 70.9 Å². The zero-order valence-electron chi connectivity index (χ0n) is 21.8. The Kier molecular flexibility index (Phi) is 7.04. The van der Waals surface area contributed by atoms with E-state index in [2.05, 4.69) is 28.6 Å². The van der Waals surface area contributed by atoms with Gasteiger partial charge >= 0.3 is 0 Å². The molecule has 1 aromatic heterocycles. The molecule has 0 bridgehead atoms. The van der Waals surface area contributed by atoms with E-state index in [1.54, 1.807) is 4.90 Å². The number of hydrogen-bond acceptors (Lipinski definition) is 3. The third kappa shape index (κ3) is 4.52. The van der Waals surface area contributed by atoms with Crippen molar-refractivity contribution in [1.82, 2.24) is 20.5 Å². The molecular weight excluding hydrogens is 464 g/mol. The van der Waals surface area contributed by atoms with Gasteiger partial charge in [0.25, 0.3) is 5.91 Å². The Morgan fingerprint density at radius 3 is 2.59 bits per heavy atom. The highest BCUT2D eigenvalue weighted by molar-refractivity contribution is 6.04. The zero-order chi connectivity index (χ0) is 26.1. The molecule has 0 saturated heterocycles. The molecule has 7 heteroatoms. The lowest BCUT2D eigenvalue weighted by molar-refractivity contribution is -0.132. The number of carbonyl (C=O) groups excluding carboxylic acids is 3. The maximum absolute atomic E-state index is 13.8. The van der Waals surface area contributed by atoms with Gasteiger partial charge in [-0.3, -0.25) is 14.4 Å². The van der Waals surface area contributed by atoms with Gasteiger partial charge in [-0.2, -0.15) is 0 Å². The minimum Gasteiger partial charge on any atom is -0.356 e. The number of nitrogens with one attached hydrogen (secondary N) is 3. The van der Waals surface area contributed by atoms with Crippen molar-refractivity contribution < 1.29 is 14.4 Å². The SMILES string of the molecule is CCCCCCNC(=O)C(NC(=O)C1Cc2c([nH]c3ccccc23)C2c3ccccc3C(=O)N12)C(C)C. The van der Waals surface area contributed by atoms with Crippen molar-refractivity contribution in [2.45, 2.75) is 71.0 Å². The molecule has 194 valence electrons. The van der Waals surface area contributed by atoms with E-state index in [1.165, 1.54) is 0 Å². The van der Waals surface area contributed by atoms with Gasteiger partial charge in [0.2, 0.25) is 11.8 Å². The van der Waals surface area contributed by atoms with Crippen molar-refractivity contribution >= 4 is 28.6 Å². The normalized spacial score (nSPS) is 18.9. The quantitative estimate of drug-likeness (QED) is 0.378. The number of aromatic amines is 1. The molecule has 3 N–H and O–H groups in total. The minimum absolute atomic E-state index is 0.0888. The number of H-pyrrole nitrogens is 1. The average molecular weight is 501 g/mol. The molecule has 0 spiro atoms. The Hall–Kier alpha value is -3.61. The zero-order valence-corrected chi connectivity index (χ0v) is 21.8. The smallest absolute Gasteiger partial charge is 0.255 e. The van der Waals surface area contributed by atoms with E-state index in [-0.39, 0.29) is 29.7 Å². The van der Waals surface area contributed by atoms with E-state index < -0.39 is 12.1 Å². The van der Waals surface area contributed by atoms with Gasteiger partial charge < -0.3 is 20.5 Å². The van der Waals surface area contributed by atoms with Crippen LogP contribution in [-0.2, 0) is 16.0 Å². The molecule has 0 radical (unpaired) electrons. The van der Waals surface area contributed by atoms with E-state index >= 15 is 0 Å². The summed E-state index contributed by atoms with van der Waals surface area (Å²) in [6.07, 6.45) is 4.67. The molecule has 3 heterocycles. The van der Waals surface area contributed by atoms with Crippen molar-refractivity contribution in [3.8, 4) is 0 Å². The number of unbranched alkanes of at least 4 members (excludes halogenated alkanes) is 3. The molecule has 2 aliphatic rings. The van der Waals surface area contributed by atoms with Gasteiger partial charge in [0.15, 0.2) is 0 Å². The number of para-hydroxylation sites is 1. The summed E-state index contributed by atoms with van der Waals surface area (Å²) in [4.78, 5) is 45.7. The van der Waals surface area contributed by atoms with Gasteiger partial charge in [0.05, 0.1) is 6.04 Å². The number of benzene rings is 2. The molecular formula is C30H36N4O3. The Labute approximate surface area is 218 Å².